The molecule has 1 atom stereocenters. The van der Waals surface area contributed by atoms with Crippen molar-refractivity contribution in [3.63, 3.8) is 0 Å². The topological polar surface area (TPSA) is 87.7 Å². The molecule has 0 bridgehead atoms. The van der Waals surface area contributed by atoms with Gasteiger partial charge in [-0.05, 0) is 49.8 Å². The molecular weight excluding hydrogens is 260 g/mol. The van der Waals surface area contributed by atoms with Gasteiger partial charge in [0.2, 0.25) is 0 Å². The summed E-state index contributed by atoms with van der Waals surface area (Å²) in [6, 6.07) is 1.82. The maximum Gasteiger partial charge on any atom is 0.331 e. The fraction of sp³-hybridized carbons (Fsp3) is 0.333. The van der Waals surface area contributed by atoms with Gasteiger partial charge in [0, 0.05) is 11.1 Å². The van der Waals surface area contributed by atoms with Gasteiger partial charge in [-0.15, -0.1) is 0 Å². The summed E-state index contributed by atoms with van der Waals surface area (Å²) in [5, 5.41) is 17.7. The van der Waals surface area contributed by atoms with Gasteiger partial charge < -0.3 is 14.6 Å². The third-order valence-electron chi connectivity index (χ3n) is 3.49. The molecule has 0 fully saturated rings. The number of hydrogen-bond donors (Lipinski definition) is 2. The molecule has 1 aliphatic carbocycles. The Morgan fingerprint density at radius 1 is 1.40 bits per heavy atom. The van der Waals surface area contributed by atoms with E-state index in [4.69, 9.17) is 14.6 Å². The highest BCUT2D eigenvalue weighted by atomic mass is 16.4. The number of rotatable bonds is 4. The largest absolute Gasteiger partial charge is 0.478 e. The second-order valence-corrected chi connectivity index (χ2v) is 4.92. The lowest BCUT2D eigenvalue weighted by atomic mass is 9.86. The van der Waals surface area contributed by atoms with Crippen LogP contribution in [0.3, 0.4) is 0 Å². The van der Waals surface area contributed by atoms with E-state index in [-0.39, 0.29) is 11.5 Å². The number of allylic oxidation sites excluding steroid dienone is 1. The van der Waals surface area contributed by atoms with Crippen LogP contribution in [0.25, 0.3) is 6.08 Å². The summed E-state index contributed by atoms with van der Waals surface area (Å²) in [5.41, 5.74) is 1.66. The van der Waals surface area contributed by atoms with Gasteiger partial charge in [-0.1, -0.05) is 6.08 Å². The molecule has 1 aromatic heterocycles. The standard InChI is InChI=1S/C15H16O5/c1-9(14(16)17)6-13-7-12(8-20-13)10-2-4-11(5-3-10)15(18)19/h4,6-8,10H,2-3,5H2,1H3,(H,16,17)(H,18,19). The maximum atomic E-state index is 10.8. The van der Waals surface area contributed by atoms with Gasteiger partial charge in [-0.3, -0.25) is 0 Å². The minimum absolute atomic E-state index is 0.211. The number of carboxylic acids is 2. The Balaban J connectivity index is 2.09. The van der Waals surface area contributed by atoms with Crippen LogP contribution in [0.2, 0.25) is 0 Å². The van der Waals surface area contributed by atoms with Crippen molar-refractivity contribution in [2.75, 3.05) is 0 Å². The molecule has 0 radical (unpaired) electrons. The third-order valence-corrected chi connectivity index (χ3v) is 3.49. The molecule has 0 saturated carbocycles. The molecular formula is C15H16O5. The predicted molar refractivity (Wildman–Crippen MR) is 72.3 cm³/mol. The van der Waals surface area contributed by atoms with Gasteiger partial charge in [0.15, 0.2) is 0 Å². The highest BCUT2D eigenvalue weighted by Crippen LogP contribution is 2.33. The van der Waals surface area contributed by atoms with Crippen LogP contribution in [-0.4, -0.2) is 22.2 Å². The molecule has 1 aromatic rings. The van der Waals surface area contributed by atoms with Crippen molar-refractivity contribution in [2.24, 2.45) is 0 Å². The molecule has 0 aliphatic heterocycles. The molecule has 2 N–H and O–H groups in total. The van der Waals surface area contributed by atoms with E-state index in [0.29, 0.717) is 24.2 Å². The molecule has 106 valence electrons. The van der Waals surface area contributed by atoms with Gasteiger partial charge in [-0.25, -0.2) is 9.59 Å². The lowest BCUT2D eigenvalue weighted by molar-refractivity contribution is -0.133. The first kappa shape index (κ1) is 14.1. The second kappa shape index (κ2) is 5.77. The number of aliphatic carboxylic acids is 2. The van der Waals surface area contributed by atoms with E-state index < -0.39 is 11.9 Å². The van der Waals surface area contributed by atoms with Gasteiger partial charge in [0.05, 0.1) is 6.26 Å². The number of hydrogen-bond acceptors (Lipinski definition) is 3. The average molecular weight is 276 g/mol. The molecule has 0 aromatic carbocycles. The highest BCUT2D eigenvalue weighted by Gasteiger charge is 2.20. The van der Waals surface area contributed by atoms with Gasteiger partial charge in [0.1, 0.15) is 5.76 Å². The van der Waals surface area contributed by atoms with Crippen LogP contribution < -0.4 is 0 Å². The smallest absolute Gasteiger partial charge is 0.331 e. The summed E-state index contributed by atoms with van der Waals surface area (Å²) in [5.74, 6) is -1.09. The first-order chi connectivity index (χ1) is 9.47. The van der Waals surface area contributed by atoms with Crippen LogP contribution in [-0.2, 0) is 9.59 Å². The van der Waals surface area contributed by atoms with Crippen molar-refractivity contribution < 1.29 is 24.2 Å². The van der Waals surface area contributed by atoms with Gasteiger partial charge in [0.25, 0.3) is 0 Å². The first-order valence-corrected chi connectivity index (χ1v) is 6.39. The molecule has 0 amide bonds. The summed E-state index contributed by atoms with van der Waals surface area (Å²) >= 11 is 0. The second-order valence-electron chi connectivity index (χ2n) is 4.92. The van der Waals surface area contributed by atoms with Crippen molar-refractivity contribution in [1.82, 2.24) is 0 Å². The van der Waals surface area contributed by atoms with E-state index >= 15 is 0 Å². The van der Waals surface area contributed by atoms with Crippen molar-refractivity contribution in [1.29, 1.82) is 0 Å². The van der Waals surface area contributed by atoms with Crippen LogP contribution in [0, 0.1) is 0 Å². The zero-order valence-corrected chi connectivity index (χ0v) is 11.1. The molecule has 1 unspecified atom stereocenters. The quantitative estimate of drug-likeness (QED) is 0.825. The minimum Gasteiger partial charge on any atom is -0.478 e. The van der Waals surface area contributed by atoms with E-state index in [9.17, 15) is 9.59 Å². The van der Waals surface area contributed by atoms with Crippen LogP contribution in [0.1, 0.15) is 43.4 Å². The molecule has 5 heteroatoms. The third kappa shape index (κ3) is 3.17. The summed E-state index contributed by atoms with van der Waals surface area (Å²) in [7, 11) is 0. The van der Waals surface area contributed by atoms with E-state index in [2.05, 4.69) is 0 Å². The zero-order valence-electron chi connectivity index (χ0n) is 11.1. The van der Waals surface area contributed by atoms with Crippen molar-refractivity contribution in [3.05, 3.63) is 40.9 Å². The molecule has 0 spiro atoms. The Kier molecular flexibility index (Phi) is 4.08. The van der Waals surface area contributed by atoms with E-state index in [0.717, 1.165) is 12.0 Å². The summed E-state index contributed by atoms with van der Waals surface area (Å²) in [4.78, 5) is 21.6. The van der Waals surface area contributed by atoms with Crippen LogP contribution in [0.15, 0.2) is 34.0 Å². The monoisotopic (exact) mass is 276 g/mol. The van der Waals surface area contributed by atoms with Gasteiger partial charge in [-0.2, -0.15) is 0 Å². The fourth-order valence-corrected chi connectivity index (χ4v) is 2.26. The Bertz CT molecular complexity index is 591. The van der Waals surface area contributed by atoms with Gasteiger partial charge >= 0.3 is 11.9 Å². The first-order valence-electron chi connectivity index (χ1n) is 6.39. The lowest BCUT2D eigenvalue weighted by Crippen LogP contribution is -2.09. The zero-order chi connectivity index (χ0) is 14.7. The summed E-state index contributed by atoms with van der Waals surface area (Å²) in [6.45, 7) is 1.51. The van der Waals surface area contributed by atoms with Crippen molar-refractivity contribution >= 4 is 18.0 Å². The van der Waals surface area contributed by atoms with Crippen LogP contribution >= 0.6 is 0 Å². The van der Waals surface area contributed by atoms with Crippen LogP contribution in [0.5, 0.6) is 0 Å². The maximum absolute atomic E-state index is 10.8. The normalized spacial score (nSPS) is 19.6. The molecule has 5 nitrogen and oxygen atoms in total. The Morgan fingerprint density at radius 3 is 2.70 bits per heavy atom. The van der Waals surface area contributed by atoms with Crippen molar-refractivity contribution in [3.8, 4) is 0 Å². The molecule has 2 rings (SSSR count). The summed E-state index contributed by atoms with van der Waals surface area (Å²) in [6.07, 6.45) is 6.82. The number of carbonyl (C=O) groups is 2. The average Bonchev–Trinajstić information content (AvgIpc) is 2.87. The SMILES string of the molecule is CC(=Cc1cc(C2CC=C(C(=O)O)CC2)co1)C(=O)O. The van der Waals surface area contributed by atoms with Crippen LogP contribution in [0.4, 0.5) is 0 Å². The molecule has 0 saturated heterocycles. The fourth-order valence-electron chi connectivity index (χ4n) is 2.26. The van der Waals surface area contributed by atoms with E-state index in [1.165, 1.54) is 13.0 Å². The van der Waals surface area contributed by atoms with E-state index in [1.54, 1.807) is 12.3 Å². The Labute approximate surface area is 116 Å². The van der Waals surface area contributed by atoms with Crippen molar-refractivity contribution in [2.45, 2.75) is 32.1 Å². The van der Waals surface area contributed by atoms with E-state index in [1.807, 2.05) is 6.07 Å². The Morgan fingerprint density at radius 2 is 2.15 bits per heavy atom. The summed E-state index contributed by atoms with van der Waals surface area (Å²) < 4.78 is 5.34. The lowest BCUT2D eigenvalue weighted by Gasteiger charge is -2.18. The number of furan rings is 1. The highest BCUT2D eigenvalue weighted by molar-refractivity contribution is 5.91. The predicted octanol–water partition coefficient (Wildman–Crippen LogP) is 3.05. The molecule has 20 heavy (non-hydrogen) atoms. The number of carboxylic acid groups (broad SMARTS) is 2. The molecule has 1 aliphatic rings. The minimum atomic E-state index is -0.977. The Hall–Kier alpha value is -2.30. The molecule has 1 heterocycles.